The van der Waals surface area contributed by atoms with E-state index in [0.717, 1.165) is 65.0 Å². The molecule has 2 fully saturated rings. The van der Waals surface area contributed by atoms with Gasteiger partial charge in [-0.15, -0.1) is 0 Å². The van der Waals surface area contributed by atoms with Crippen molar-refractivity contribution in [1.29, 1.82) is 0 Å². The zero-order chi connectivity index (χ0) is 28.1. The van der Waals surface area contributed by atoms with Crippen molar-refractivity contribution in [3.05, 3.63) is 0 Å². The maximum atomic E-state index is 11.7. The summed E-state index contributed by atoms with van der Waals surface area (Å²) in [6.45, 7) is 15.9. The second kappa shape index (κ2) is 15.5. The van der Waals surface area contributed by atoms with Crippen molar-refractivity contribution in [2.75, 3.05) is 39.3 Å². The van der Waals surface area contributed by atoms with Gasteiger partial charge in [0.25, 0.3) is 0 Å². The molecule has 0 bridgehead atoms. The molecule has 0 unspecified atom stereocenters. The van der Waals surface area contributed by atoms with Gasteiger partial charge in [0.1, 0.15) is 11.2 Å². The van der Waals surface area contributed by atoms with E-state index in [4.69, 9.17) is 40.7 Å². The first-order chi connectivity index (χ1) is 16.5. The van der Waals surface area contributed by atoms with Crippen molar-refractivity contribution in [2.24, 2.45) is 23.3 Å². The molecule has 0 aromatic heterocycles. The number of likely N-dealkylation sites (tertiary alicyclic amines) is 2. The van der Waals surface area contributed by atoms with Crippen molar-refractivity contribution in [1.82, 2.24) is 9.80 Å². The number of carboxylic acid groups (broad SMARTS) is 2. The Labute approximate surface area is 214 Å². The van der Waals surface area contributed by atoms with Gasteiger partial charge in [0.2, 0.25) is 0 Å². The maximum absolute atomic E-state index is 11.7. The molecule has 2 rings (SSSR count). The number of carbonyl (C=O) groups is 4. The zero-order valence-corrected chi connectivity index (χ0v) is 22.6. The van der Waals surface area contributed by atoms with E-state index in [1.54, 1.807) is 9.80 Å². The first-order valence-corrected chi connectivity index (χ1v) is 12.3. The number of carboxylic acids is 2. The van der Waals surface area contributed by atoms with Gasteiger partial charge in [-0.2, -0.15) is 0 Å². The van der Waals surface area contributed by atoms with Gasteiger partial charge in [-0.3, -0.25) is 0 Å². The number of hydrogen-bond acceptors (Lipinski definition) is 8. The lowest BCUT2D eigenvalue weighted by Crippen LogP contribution is -2.42. The number of hydrogen-bond donors (Lipinski definition) is 4. The fourth-order valence-corrected chi connectivity index (χ4v) is 3.36. The Balaban J connectivity index is 0.000000558. The minimum atomic E-state index is -1.82. The van der Waals surface area contributed by atoms with Crippen LogP contribution in [0.4, 0.5) is 9.59 Å². The number of nitrogens with two attached hydrogens (primary N) is 2. The first-order valence-electron chi connectivity index (χ1n) is 12.3. The normalized spacial score (nSPS) is 17.1. The maximum Gasteiger partial charge on any atom is 0.414 e. The summed E-state index contributed by atoms with van der Waals surface area (Å²) in [7, 11) is 0. The molecule has 2 saturated heterocycles. The molecule has 0 spiro atoms. The van der Waals surface area contributed by atoms with Gasteiger partial charge in [-0.25, -0.2) is 19.2 Å². The topological polar surface area (TPSA) is 186 Å². The van der Waals surface area contributed by atoms with E-state index in [0.29, 0.717) is 11.8 Å². The number of amides is 2. The van der Waals surface area contributed by atoms with Crippen LogP contribution < -0.4 is 11.5 Å². The summed E-state index contributed by atoms with van der Waals surface area (Å²) in [5, 5.41) is 14.8. The minimum absolute atomic E-state index is 0.196. The summed E-state index contributed by atoms with van der Waals surface area (Å²) in [6.07, 6.45) is 3.59. The van der Waals surface area contributed by atoms with Crippen LogP contribution in [0.1, 0.15) is 67.2 Å². The summed E-state index contributed by atoms with van der Waals surface area (Å²) in [4.78, 5) is 45.1. The third kappa shape index (κ3) is 15.4. The van der Waals surface area contributed by atoms with Crippen LogP contribution >= 0.6 is 0 Å². The highest BCUT2D eigenvalue weighted by atomic mass is 16.6. The number of nitrogens with zero attached hydrogens (tertiary/aromatic N) is 2. The molecular weight excluding hydrogens is 472 g/mol. The first kappa shape index (κ1) is 33.4. The average molecular weight is 519 g/mol. The van der Waals surface area contributed by atoms with Crippen molar-refractivity contribution in [2.45, 2.75) is 78.4 Å². The smallest absolute Gasteiger partial charge is 0.414 e. The molecular formula is C24H46N4O8. The molecule has 2 aliphatic heterocycles. The van der Waals surface area contributed by atoms with Gasteiger partial charge in [-0.1, -0.05) is 0 Å². The highest BCUT2D eigenvalue weighted by Gasteiger charge is 2.27. The lowest BCUT2D eigenvalue weighted by atomic mass is 9.97. The van der Waals surface area contributed by atoms with E-state index in [9.17, 15) is 9.59 Å². The Morgan fingerprint density at radius 3 is 1.08 bits per heavy atom. The van der Waals surface area contributed by atoms with Crippen molar-refractivity contribution >= 4 is 24.1 Å². The molecule has 0 radical (unpaired) electrons. The van der Waals surface area contributed by atoms with Crippen LogP contribution in [0.15, 0.2) is 0 Å². The second-order valence-electron chi connectivity index (χ2n) is 10.9. The molecule has 0 saturated carbocycles. The summed E-state index contributed by atoms with van der Waals surface area (Å²) >= 11 is 0. The lowest BCUT2D eigenvalue weighted by Gasteiger charge is -2.32. The summed E-state index contributed by atoms with van der Waals surface area (Å²) in [6, 6.07) is 0. The number of carbonyl (C=O) groups excluding carboxylic acids is 2. The molecule has 6 N–H and O–H groups in total. The number of ether oxygens (including phenoxy) is 2. The van der Waals surface area contributed by atoms with Gasteiger partial charge < -0.3 is 41.0 Å². The zero-order valence-electron chi connectivity index (χ0n) is 22.6. The molecule has 12 heteroatoms. The Morgan fingerprint density at radius 1 is 0.667 bits per heavy atom. The van der Waals surface area contributed by atoms with Gasteiger partial charge in [0.15, 0.2) is 0 Å². The fourth-order valence-electron chi connectivity index (χ4n) is 3.36. The van der Waals surface area contributed by atoms with Crippen molar-refractivity contribution < 1.29 is 38.9 Å². The minimum Gasteiger partial charge on any atom is -0.473 e. The Hall–Kier alpha value is -2.60. The van der Waals surface area contributed by atoms with Crippen molar-refractivity contribution in [3.8, 4) is 0 Å². The Bertz CT molecular complexity index is 642. The summed E-state index contributed by atoms with van der Waals surface area (Å²) in [5.41, 5.74) is 10.4. The van der Waals surface area contributed by atoms with E-state index in [-0.39, 0.29) is 12.2 Å². The summed E-state index contributed by atoms with van der Waals surface area (Å²) in [5.74, 6) is -2.50. The highest BCUT2D eigenvalue weighted by molar-refractivity contribution is 6.27. The van der Waals surface area contributed by atoms with E-state index in [1.807, 2.05) is 41.5 Å². The predicted molar refractivity (Wildman–Crippen MR) is 134 cm³/mol. The van der Waals surface area contributed by atoms with Gasteiger partial charge in [0.05, 0.1) is 0 Å². The Morgan fingerprint density at radius 2 is 0.917 bits per heavy atom. The molecule has 210 valence electrons. The SMILES string of the molecule is CC(C)(C)OC(=O)N1CCC(CN)CC1.CC(C)(C)OC(=O)N1CCC(CN)CC1.O=C(O)C(=O)O. The molecule has 12 nitrogen and oxygen atoms in total. The van der Waals surface area contributed by atoms with Gasteiger partial charge in [0, 0.05) is 26.2 Å². The standard InChI is InChI=1S/2C11H22N2O2.C2H2O4/c2*1-11(2,3)15-10(14)13-6-4-9(8-12)5-7-13;3-1(4)2(5)6/h2*9H,4-8,12H2,1-3H3;(H,3,4)(H,5,6). The molecule has 0 atom stereocenters. The summed E-state index contributed by atoms with van der Waals surface area (Å²) < 4.78 is 10.6. The predicted octanol–water partition coefficient (Wildman–Crippen LogP) is 2.34. The van der Waals surface area contributed by atoms with E-state index in [1.165, 1.54) is 0 Å². The van der Waals surface area contributed by atoms with Crippen LogP contribution in [-0.2, 0) is 19.1 Å². The van der Waals surface area contributed by atoms with E-state index < -0.39 is 23.1 Å². The van der Waals surface area contributed by atoms with Gasteiger partial charge >= 0.3 is 24.1 Å². The highest BCUT2D eigenvalue weighted by Crippen LogP contribution is 2.19. The van der Waals surface area contributed by atoms with Crippen LogP contribution in [0.3, 0.4) is 0 Å². The molecule has 0 aliphatic carbocycles. The quantitative estimate of drug-likeness (QED) is 0.395. The molecule has 2 aliphatic rings. The average Bonchev–Trinajstić information content (AvgIpc) is 2.77. The van der Waals surface area contributed by atoms with Crippen LogP contribution in [0, 0.1) is 11.8 Å². The fraction of sp³-hybridized carbons (Fsp3) is 0.833. The van der Waals surface area contributed by atoms with Crippen LogP contribution in [0.2, 0.25) is 0 Å². The lowest BCUT2D eigenvalue weighted by molar-refractivity contribution is -0.159. The molecule has 0 aromatic rings. The third-order valence-electron chi connectivity index (χ3n) is 5.38. The van der Waals surface area contributed by atoms with Crippen molar-refractivity contribution in [3.63, 3.8) is 0 Å². The molecule has 2 amide bonds. The second-order valence-corrected chi connectivity index (χ2v) is 10.9. The van der Waals surface area contributed by atoms with Crippen LogP contribution in [0.5, 0.6) is 0 Å². The molecule has 2 heterocycles. The number of rotatable bonds is 2. The van der Waals surface area contributed by atoms with Crippen LogP contribution in [-0.4, -0.2) is 94.6 Å². The van der Waals surface area contributed by atoms with E-state index in [2.05, 4.69) is 0 Å². The number of piperidine rings is 2. The monoisotopic (exact) mass is 518 g/mol. The van der Waals surface area contributed by atoms with Gasteiger partial charge in [-0.05, 0) is 92.2 Å². The molecule has 0 aromatic carbocycles. The van der Waals surface area contributed by atoms with Crippen LogP contribution in [0.25, 0.3) is 0 Å². The number of aliphatic carboxylic acids is 2. The molecule has 36 heavy (non-hydrogen) atoms. The Kier molecular flexibility index (Phi) is 14.4. The largest absolute Gasteiger partial charge is 0.473 e. The third-order valence-corrected chi connectivity index (χ3v) is 5.38. The van der Waals surface area contributed by atoms with E-state index >= 15 is 0 Å².